The van der Waals surface area contributed by atoms with Gasteiger partial charge in [-0.05, 0) is 25.0 Å². The molecule has 6 rings (SSSR count). The first kappa shape index (κ1) is 16.7. The van der Waals surface area contributed by atoms with E-state index in [1.165, 1.54) is 11.1 Å². The topological polar surface area (TPSA) is 116 Å². The second-order valence-corrected chi connectivity index (χ2v) is 7.23. The summed E-state index contributed by atoms with van der Waals surface area (Å²) in [7, 11) is 1.70. The maximum atomic E-state index is 12.8. The number of nitriles is 1. The number of piperazine rings is 1. The van der Waals surface area contributed by atoms with Crippen LogP contribution in [0.5, 0.6) is 0 Å². The Morgan fingerprint density at radius 3 is 2.96 bits per heavy atom. The first-order chi connectivity index (χ1) is 13.6. The summed E-state index contributed by atoms with van der Waals surface area (Å²) in [6.45, 7) is 1.81. The van der Waals surface area contributed by atoms with Gasteiger partial charge in [0.25, 0.3) is 5.91 Å². The predicted molar refractivity (Wildman–Crippen MR) is 101 cm³/mol. The van der Waals surface area contributed by atoms with E-state index in [1.807, 2.05) is 6.07 Å². The Labute approximate surface area is 160 Å². The lowest BCUT2D eigenvalue weighted by atomic mass is 9.93. The molecule has 28 heavy (non-hydrogen) atoms. The van der Waals surface area contributed by atoms with E-state index in [0.717, 1.165) is 25.0 Å². The van der Waals surface area contributed by atoms with Crippen LogP contribution in [0.4, 0.5) is 11.6 Å². The second-order valence-electron chi connectivity index (χ2n) is 7.23. The summed E-state index contributed by atoms with van der Waals surface area (Å²) in [5.74, 6) is 0.282. The first-order valence-electron chi connectivity index (χ1n) is 9.22. The predicted octanol–water partition coefficient (Wildman–Crippen LogP) is 0.527. The van der Waals surface area contributed by atoms with E-state index < -0.39 is 0 Å². The van der Waals surface area contributed by atoms with Crippen molar-refractivity contribution in [2.24, 2.45) is 7.05 Å². The molecule has 3 aliphatic heterocycles. The van der Waals surface area contributed by atoms with Crippen molar-refractivity contribution in [2.75, 3.05) is 23.3 Å². The number of anilines is 2. The zero-order chi connectivity index (χ0) is 19.3. The fourth-order valence-corrected chi connectivity index (χ4v) is 4.00. The van der Waals surface area contributed by atoms with E-state index >= 15 is 0 Å². The summed E-state index contributed by atoms with van der Waals surface area (Å²) < 4.78 is 3.10. The van der Waals surface area contributed by atoms with Gasteiger partial charge in [-0.1, -0.05) is 0 Å². The van der Waals surface area contributed by atoms with E-state index in [0.29, 0.717) is 29.4 Å². The largest absolute Gasteiger partial charge is 0.334 e. The van der Waals surface area contributed by atoms with Crippen molar-refractivity contribution < 1.29 is 4.79 Å². The minimum atomic E-state index is -0.351. The van der Waals surface area contributed by atoms with Crippen LogP contribution in [0.2, 0.25) is 0 Å². The third-order valence-electron chi connectivity index (χ3n) is 5.41. The highest BCUT2D eigenvalue weighted by atomic mass is 16.2. The number of aromatic nitrogens is 5. The van der Waals surface area contributed by atoms with Gasteiger partial charge in [0.05, 0.1) is 17.4 Å². The molecule has 3 aliphatic rings. The minimum absolute atomic E-state index is 0.170. The van der Waals surface area contributed by atoms with Crippen LogP contribution < -0.4 is 15.5 Å². The molecule has 2 bridgehead atoms. The van der Waals surface area contributed by atoms with E-state index in [-0.39, 0.29) is 11.6 Å². The van der Waals surface area contributed by atoms with Gasteiger partial charge in [-0.3, -0.25) is 9.48 Å². The number of hydrogen-bond acceptors (Lipinski definition) is 7. The number of fused-ring (bicyclic) bond motifs is 4. The number of hydrogen-bond donors (Lipinski definition) is 2. The average molecular weight is 377 g/mol. The van der Waals surface area contributed by atoms with Crippen LogP contribution >= 0.6 is 0 Å². The van der Waals surface area contributed by atoms with Crippen molar-refractivity contribution in [1.82, 2.24) is 29.7 Å². The Hall–Kier alpha value is -3.45. The molecule has 0 saturated carbocycles. The number of carbonyl (C=O) groups excluding carboxylic acids is 1. The summed E-state index contributed by atoms with van der Waals surface area (Å²) in [6.07, 6.45) is 5.63. The number of nitrogens with zero attached hydrogens (tertiary/aromatic N) is 7. The molecular formula is C18H19N9O. The van der Waals surface area contributed by atoms with Crippen LogP contribution in [-0.2, 0) is 7.05 Å². The third kappa shape index (κ3) is 2.68. The molecule has 0 spiro atoms. The Balaban J connectivity index is 1.46. The Morgan fingerprint density at radius 2 is 2.25 bits per heavy atom. The van der Waals surface area contributed by atoms with Gasteiger partial charge < -0.3 is 15.5 Å². The Morgan fingerprint density at radius 1 is 1.36 bits per heavy atom. The van der Waals surface area contributed by atoms with Crippen LogP contribution in [0.3, 0.4) is 0 Å². The number of rotatable bonds is 3. The van der Waals surface area contributed by atoms with Crippen LogP contribution in [0.15, 0.2) is 24.5 Å². The lowest BCUT2D eigenvalue weighted by Crippen LogP contribution is -2.61. The second kappa shape index (κ2) is 6.31. The molecule has 0 unspecified atom stereocenters. The smallest absolute Gasteiger partial charge is 0.274 e. The Kier molecular flexibility index (Phi) is 3.77. The summed E-state index contributed by atoms with van der Waals surface area (Å²) >= 11 is 0. The summed E-state index contributed by atoms with van der Waals surface area (Å²) in [5, 5.41) is 24.1. The SMILES string of the molecule is Cn1cc(NC(=O)c2ccc3cnc(N4C[C@H]5CC[C@@H]4CN5)nn23)c(C#N)n1. The van der Waals surface area contributed by atoms with Crippen molar-refractivity contribution >= 4 is 23.1 Å². The number of carbonyl (C=O) groups is 1. The third-order valence-corrected chi connectivity index (χ3v) is 5.41. The maximum Gasteiger partial charge on any atom is 0.274 e. The highest BCUT2D eigenvalue weighted by Gasteiger charge is 2.35. The normalized spacial score (nSPS) is 21.1. The molecule has 2 atom stereocenters. The highest BCUT2D eigenvalue weighted by molar-refractivity contribution is 6.04. The van der Waals surface area contributed by atoms with Crippen molar-refractivity contribution in [1.29, 1.82) is 5.26 Å². The molecule has 6 heterocycles. The van der Waals surface area contributed by atoms with E-state index in [1.54, 1.807) is 36.1 Å². The van der Waals surface area contributed by atoms with Crippen LogP contribution in [0.1, 0.15) is 29.0 Å². The summed E-state index contributed by atoms with van der Waals surface area (Å²) in [4.78, 5) is 19.6. The molecule has 142 valence electrons. The zero-order valence-corrected chi connectivity index (χ0v) is 15.3. The van der Waals surface area contributed by atoms with Gasteiger partial charge in [0.2, 0.25) is 5.95 Å². The maximum absolute atomic E-state index is 12.8. The molecule has 10 nitrogen and oxygen atoms in total. The van der Waals surface area contributed by atoms with E-state index in [4.69, 9.17) is 5.26 Å². The van der Waals surface area contributed by atoms with Gasteiger partial charge in [-0.15, -0.1) is 5.10 Å². The highest BCUT2D eigenvalue weighted by Crippen LogP contribution is 2.26. The summed E-state index contributed by atoms with van der Waals surface area (Å²) in [5.41, 5.74) is 1.66. The van der Waals surface area contributed by atoms with Crippen molar-refractivity contribution in [3.63, 3.8) is 0 Å². The molecule has 0 radical (unpaired) electrons. The lowest BCUT2D eigenvalue weighted by Gasteiger charge is -2.45. The number of piperidine rings is 2. The van der Waals surface area contributed by atoms with Crippen molar-refractivity contribution in [3.05, 3.63) is 35.9 Å². The van der Waals surface area contributed by atoms with Crippen molar-refractivity contribution in [2.45, 2.75) is 24.9 Å². The van der Waals surface area contributed by atoms with E-state index in [2.05, 4.69) is 30.7 Å². The van der Waals surface area contributed by atoms with Crippen molar-refractivity contribution in [3.8, 4) is 6.07 Å². The molecule has 0 aromatic carbocycles. The van der Waals surface area contributed by atoms with E-state index in [9.17, 15) is 4.79 Å². The van der Waals surface area contributed by atoms with Crippen LogP contribution in [0, 0.1) is 11.3 Å². The molecular weight excluding hydrogens is 358 g/mol. The Bertz CT molecular complexity index is 1100. The molecule has 0 aliphatic carbocycles. The monoisotopic (exact) mass is 377 g/mol. The minimum Gasteiger partial charge on any atom is -0.334 e. The number of aryl methyl sites for hydroxylation is 1. The molecule has 3 aromatic heterocycles. The average Bonchev–Trinajstić information content (AvgIpc) is 3.31. The molecule has 3 aromatic rings. The summed E-state index contributed by atoms with van der Waals surface area (Å²) in [6, 6.07) is 6.33. The van der Waals surface area contributed by atoms with Gasteiger partial charge in [0.15, 0.2) is 5.69 Å². The molecule has 10 heteroatoms. The number of amides is 1. The molecule has 2 N–H and O–H groups in total. The van der Waals surface area contributed by atoms with Gasteiger partial charge in [0.1, 0.15) is 11.8 Å². The first-order valence-corrected chi connectivity index (χ1v) is 9.22. The standard InChI is InChI=1S/C18H19N9O/c1-25-10-15(14(6-19)23-25)22-17(28)16-5-4-13-8-21-18(24-27(13)16)26-9-11-2-3-12(26)7-20-11/h4-5,8,10-12,20H,2-3,7,9H2,1H3,(H,22,28)/t11-,12-/m1/s1. The van der Waals surface area contributed by atoms with Gasteiger partial charge in [-0.25, -0.2) is 9.50 Å². The van der Waals surface area contributed by atoms with Gasteiger partial charge in [0, 0.05) is 38.4 Å². The molecule has 3 fully saturated rings. The van der Waals surface area contributed by atoms with Crippen LogP contribution in [0.25, 0.3) is 5.52 Å². The molecule has 1 amide bonds. The fraction of sp³-hybridized carbons (Fsp3) is 0.389. The number of nitrogens with one attached hydrogen (secondary N) is 2. The fourth-order valence-electron chi connectivity index (χ4n) is 4.00. The quantitative estimate of drug-likeness (QED) is 0.684. The van der Waals surface area contributed by atoms with Crippen LogP contribution in [-0.4, -0.2) is 55.5 Å². The van der Waals surface area contributed by atoms with Gasteiger partial charge in [-0.2, -0.15) is 10.4 Å². The zero-order valence-electron chi connectivity index (χ0n) is 15.3. The lowest BCUT2D eigenvalue weighted by molar-refractivity contribution is 0.102. The molecule has 3 saturated heterocycles. The van der Waals surface area contributed by atoms with Gasteiger partial charge >= 0.3 is 0 Å².